The highest BCUT2D eigenvalue weighted by Gasteiger charge is 2.23. The Morgan fingerprint density at radius 3 is 2.89 bits per heavy atom. The Balaban J connectivity index is 1.52. The average Bonchev–Trinajstić information content (AvgIpc) is 3.03. The molecule has 0 saturated carbocycles. The van der Waals surface area contributed by atoms with Crippen molar-refractivity contribution in [2.24, 2.45) is 5.92 Å². The van der Waals surface area contributed by atoms with Gasteiger partial charge in [0.05, 0.1) is 5.56 Å². The normalized spacial score (nSPS) is 16.2. The van der Waals surface area contributed by atoms with Gasteiger partial charge in [-0.2, -0.15) is 5.26 Å². The third-order valence-corrected chi connectivity index (χ3v) is 6.29. The summed E-state index contributed by atoms with van der Waals surface area (Å²) in [7, 11) is 0. The van der Waals surface area contributed by atoms with E-state index in [1.54, 1.807) is 17.5 Å². The second-order valence-electron chi connectivity index (χ2n) is 7.07. The number of fused-ring (bicyclic) bond motifs is 2. The van der Waals surface area contributed by atoms with Crippen molar-refractivity contribution in [3.8, 4) is 6.07 Å². The first-order valence-electron chi connectivity index (χ1n) is 9.16. The molecule has 3 aromatic rings. The number of hydrogen-bond acceptors (Lipinski definition) is 4. The number of nitriles is 1. The number of ketones is 1. The molecule has 1 aliphatic carbocycles. The first-order valence-corrected chi connectivity index (χ1v) is 9.98. The van der Waals surface area contributed by atoms with Gasteiger partial charge < -0.3 is 5.32 Å². The van der Waals surface area contributed by atoms with Crippen molar-refractivity contribution in [2.45, 2.75) is 26.2 Å². The van der Waals surface area contributed by atoms with Crippen LogP contribution in [-0.4, -0.2) is 5.78 Å². The maximum atomic E-state index is 12.5. The summed E-state index contributed by atoms with van der Waals surface area (Å²) in [5.41, 5.74) is 2.59. The Kier molecular flexibility index (Phi) is 4.79. The number of rotatable bonds is 4. The predicted molar refractivity (Wildman–Crippen MR) is 111 cm³/mol. The molecule has 0 aliphatic heterocycles. The van der Waals surface area contributed by atoms with Crippen molar-refractivity contribution in [3.05, 3.63) is 76.3 Å². The van der Waals surface area contributed by atoms with Gasteiger partial charge in [-0.1, -0.05) is 43.3 Å². The summed E-state index contributed by atoms with van der Waals surface area (Å²) in [6.07, 6.45) is 6.33. The summed E-state index contributed by atoms with van der Waals surface area (Å²) in [6.45, 7) is 2.25. The number of nitrogens with zero attached hydrogens (tertiary/aromatic N) is 1. The highest BCUT2D eigenvalue weighted by Crippen LogP contribution is 2.39. The van der Waals surface area contributed by atoms with Gasteiger partial charge in [-0.25, -0.2) is 0 Å². The van der Waals surface area contributed by atoms with Gasteiger partial charge in [0, 0.05) is 22.7 Å². The first kappa shape index (κ1) is 17.5. The molecular formula is C23H20N2OS. The standard InChI is InChI=1S/C23H20N2OS/c1-15-6-9-19-20(14-24)23(27-22(19)12-15)25-11-10-21(26)18-8-7-16-4-2-3-5-17(16)13-18/h2-5,7-8,10-11,13,15,25H,6,9,12H2,1H3/b11-10-/t15-/m0/s1. The van der Waals surface area contributed by atoms with E-state index in [1.807, 2.05) is 42.5 Å². The molecule has 0 amide bonds. The van der Waals surface area contributed by atoms with Crippen LogP contribution in [0.2, 0.25) is 0 Å². The van der Waals surface area contributed by atoms with Crippen LogP contribution < -0.4 is 5.32 Å². The maximum Gasteiger partial charge on any atom is 0.187 e. The van der Waals surface area contributed by atoms with Gasteiger partial charge in [0.1, 0.15) is 11.1 Å². The number of allylic oxidation sites excluding steroid dienone is 1. The molecular weight excluding hydrogens is 352 g/mol. The Bertz CT molecular complexity index is 1090. The molecule has 1 N–H and O–H groups in total. The summed E-state index contributed by atoms with van der Waals surface area (Å²) < 4.78 is 0. The molecule has 2 aromatic carbocycles. The number of carbonyl (C=O) groups is 1. The molecule has 134 valence electrons. The van der Waals surface area contributed by atoms with Crippen molar-refractivity contribution in [2.75, 3.05) is 5.32 Å². The van der Waals surface area contributed by atoms with Crippen molar-refractivity contribution in [1.29, 1.82) is 5.26 Å². The Morgan fingerprint density at radius 1 is 1.26 bits per heavy atom. The van der Waals surface area contributed by atoms with E-state index in [9.17, 15) is 10.1 Å². The monoisotopic (exact) mass is 372 g/mol. The fraction of sp³-hybridized carbons (Fsp3) is 0.217. The molecule has 0 bridgehead atoms. The van der Waals surface area contributed by atoms with Crippen LogP contribution >= 0.6 is 11.3 Å². The van der Waals surface area contributed by atoms with Crippen LogP contribution in [0.15, 0.2) is 54.7 Å². The molecule has 4 rings (SSSR count). The Hall–Kier alpha value is -2.90. The number of benzene rings is 2. The molecule has 27 heavy (non-hydrogen) atoms. The SMILES string of the molecule is C[C@H]1CCc2c(sc(N/C=C\C(=O)c3ccc4ccccc4c3)c2C#N)C1. The van der Waals surface area contributed by atoms with Gasteiger partial charge in [0.25, 0.3) is 0 Å². The van der Waals surface area contributed by atoms with Crippen molar-refractivity contribution in [1.82, 2.24) is 0 Å². The van der Waals surface area contributed by atoms with Gasteiger partial charge in [0.15, 0.2) is 5.78 Å². The minimum Gasteiger partial charge on any atom is -0.352 e. The van der Waals surface area contributed by atoms with Crippen LogP contribution in [0.5, 0.6) is 0 Å². The lowest BCUT2D eigenvalue weighted by Gasteiger charge is -2.17. The lowest BCUT2D eigenvalue weighted by Crippen LogP contribution is -2.09. The third-order valence-electron chi connectivity index (χ3n) is 5.11. The minimum absolute atomic E-state index is 0.0540. The molecule has 0 fully saturated rings. The summed E-state index contributed by atoms with van der Waals surface area (Å²) in [4.78, 5) is 13.8. The highest BCUT2D eigenvalue weighted by atomic mass is 32.1. The first-order chi connectivity index (χ1) is 13.2. The van der Waals surface area contributed by atoms with Crippen molar-refractivity contribution in [3.63, 3.8) is 0 Å². The van der Waals surface area contributed by atoms with E-state index < -0.39 is 0 Å². The van der Waals surface area contributed by atoms with Crippen LogP contribution in [-0.2, 0) is 12.8 Å². The molecule has 0 spiro atoms. The molecule has 0 radical (unpaired) electrons. The van der Waals surface area contributed by atoms with Crippen LogP contribution in [0.25, 0.3) is 10.8 Å². The highest BCUT2D eigenvalue weighted by molar-refractivity contribution is 7.16. The zero-order chi connectivity index (χ0) is 18.8. The summed E-state index contributed by atoms with van der Waals surface area (Å²) >= 11 is 1.64. The summed E-state index contributed by atoms with van der Waals surface area (Å²) in [5, 5.41) is 15.7. The van der Waals surface area contributed by atoms with E-state index in [1.165, 1.54) is 16.5 Å². The predicted octanol–water partition coefficient (Wildman–Crippen LogP) is 5.71. The molecule has 1 heterocycles. The van der Waals surface area contributed by atoms with E-state index >= 15 is 0 Å². The molecule has 0 saturated heterocycles. The van der Waals surface area contributed by atoms with E-state index in [0.717, 1.165) is 40.6 Å². The van der Waals surface area contributed by atoms with Gasteiger partial charge in [-0.15, -0.1) is 11.3 Å². The number of hydrogen-bond donors (Lipinski definition) is 1. The van der Waals surface area contributed by atoms with Crippen molar-refractivity contribution < 1.29 is 4.79 Å². The fourth-order valence-corrected chi connectivity index (χ4v) is 4.94. The lowest BCUT2D eigenvalue weighted by atomic mass is 9.89. The van der Waals surface area contributed by atoms with Crippen LogP contribution in [0.1, 0.15) is 39.7 Å². The van der Waals surface area contributed by atoms with Crippen LogP contribution in [0, 0.1) is 17.2 Å². The molecule has 4 heteroatoms. The van der Waals surface area contributed by atoms with E-state index in [2.05, 4.69) is 18.3 Å². The minimum atomic E-state index is -0.0540. The van der Waals surface area contributed by atoms with Gasteiger partial charge >= 0.3 is 0 Å². The number of thiophene rings is 1. The number of carbonyl (C=O) groups excluding carboxylic acids is 1. The van der Waals surface area contributed by atoms with Crippen LogP contribution in [0.4, 0.5) is 5.00 Å². The topological polar surface area (TPSA) is 52.9 Å². The van der Waals surface area contributed by atoms with Crippen molar-refractivity contribution >= 4 is 32.9 Å². The summed E-state index contributed by atoms with van der Waals surface area (Å²) in [6, 6.07) is 16.1. The second kappa shape index (κ2) is 7.38. The fourth-order valence-electron chi connectivity index (χ4n) is 3.60. The molecule has 1 atom stereocenters. The van der Waals surface area contributed by atoms with Gasteiger partial charge in [-0.05, 0) is 47.6 Å². The summed E-state index contributed by atoms with van der Waals surface area (Å²) in [5.74, 6) is 0.613. The lowest BCUT2D eigenvalue weighted by molar-refractivity contribution is 0.104. The largest absolute Gasteiger partial charge is 0.352 e. The van der Waals surface area contributed by atoms with Gasteiger partial charge in [0.2, 0.25) is 0 Å². The van der Waals surface area contributed by atoms with Gasteiger partial charge in [-0.3, -0.25) is 4.79 Å². The second-order valence-corrected chi connectivity index (χ2v) is 8.18. The number of nitrogens with one attached hydrogen (secondary N) is 1. The Morgan fingerprint density at radius 2 is 2.07 bits per heavy atom. The van der Waals surface area contributed by atoms with E-state index in [0.29, 0.717) is 11.5 Å². The quantitative estimate of drug-likeness (QED) is 0.472. The zero-order valence-corrected chi connectivity index (χ0v) is 16.0. The maximum absolute atomic E-state index is 12.5. The smallest absolute Gasteiger partial charge is 0.187 e. The average molecular weight is 372 g/mol. The van der Waals surface area contributed by atoms with E-state index in [4.69, 9.17) is 0 Å². The third kappa shape index (κ3) is 3.51. The van der Waals surface area contributed by atoms with E-state index in [-0.39, 0.29) is 5.78 Å². The van der Waals surface area contributed by atoms with Crippen LogP contribution in [0.3, 0.4) is 0 Å². The molecule has 3 nitrogen and oxygen atoms in total. The molecule has 1 aromatic heterocycles. The molecule has 1 aliphatic rings. The molecule has 0 unspecified atom stereocenters. The number of anilines is 1. The zero-order valence-electron chi connectivity index (χ0n) is 15.2. The Labute approximate surface area is 163 Å².